The molecule has 0 fully saturated rings. The number of hydrogen-bond acceptors (Lipinski definition) is 2. The minimum Gasteiger partial charge on any atom is -0.311 e. The Labute approximate surface area is 248 Å². The van der Waals surface area contributed by atoms with Crippen LogP contribution in [0.4, 0.5) is 34.1 Å². The lowest BCUT2D eigenvalue weighted by atomic mass is 10.1. The number of rotatable bonds is 9. The molecule has 42 heavy (non-hydrogen) atoms. The first kappa shape index (κ1) is 26.6. The molecule has 0 radical (unpaired) electrons. The molecular formula is C40H32N2. The highest BCUT2D eigenvalue weighted by molar-refractivity contribution is 5.78. The first-order chi connectivity index (χ1) is 20.8. The second kappa shape index (κ2) is 13.2. The van der Waals surface area contributed by atoms with Gasteiger partial charge in [-0.1, -0.05) is 121 Å². The maximum Gasteiger partial charge on any atom is 0.0462 e. The largest absolute Gasteiger partial charge is 0.311 e. The summed E-state index contributed by atoms with van der Waals surface area (Å²) in [6.07, 6.45) is 8.46. The van der Waals surface area contributed by atoms with Crippen LogP contribution in [-0.4, -0.2) is 0 Å². The van der Waals surface area contributed by atoms with Gasteiger partial charge < -0.3 is 9.80 Å². The molecule has 202 valence electrons. The molecule has 0 saturated carbocycles. The summed E-state index contributed by atoms with van der Waals surface area (Å²) in [5, 5.41) is 0. The fourth-order valence-corrected chi connectivity index (χ4v) is 5.01. The van der Waals surface area contributed by atoms with Gasteiger partial charge in [-0.15, -0.1) is 0 Å². The van der Waals surface area contributed by atoms with Gasteiger partial charge in [-0.3, -0.25) is 0 Å². The highest BCUT2D eigenvalue weighted by Crippen LogP contribution is 2.35. The Hall–Kier alpha value is -5.60. The summed E-state index contributed by atoms with van der Waals surface area (Å²) in [7, 11) is 0. The third-order valence-electron chi connectivity index (χ3n) is 7.05. The van der Waals surface area contributed by atoms with Crippen LogP contribution in [0, 0.1) is 0 Å². The summed E-state index contributed by atoms with van der Waals surface area (Å²) >= 11 is 0. The molecule has 0 amide bonds. The van der Waals surface area contributed by atoms with Gasteiger partial charge in [0.2, 0.25) is 0 Å². The molecule has 6 aromatic carbocycles. The van der Waals surface area contributed by atoms with Crippen LogP contribution in [0.2, 0.25) is 0 Å². The predicted molar refractivity (Wildman–Crippen MR) is 180 cm³/mol. The number of hydrogen-bond donors (Lipinski definition) is 0. The zero-order chi connectivity index (χ0) is 28.4. The molecule has 0 aliphatic carbocycles. The second-order valence-corrected chi connectivity index (χ2v) is 9.91. The van der Waals surface area contributed by atoms with Crippen molar-refractivity contribution in [1.82, 2.24) is 0 Å². The molecule has 6 rings (SSSR count). The van der Waals surface area contributed by atoms with Crippen molar-refractivity contribution in [2.45, 2.75) is 0 Å². The summed E-state index contributed by atoms with van der Waals surface area (Å²) in [6, 6.07) is 59.2. The molecule has 0 atom stereocenters. The third-order valence-corrected chi connectivity index (χ3v) is 7.05. The van der Waals surface area contributed by atoms with E-state index in [1.54, 1.807) is 0 Å². The van der Waals surface area contributed by atoms with Crippen LogP contribution in [0.25, 0.3) is 12.2 Å². The van der Waals surface area contributed by atoms with Crippen LogP contribution in [-0.2, 0) is 0 Å². The molecule has 6 aromatic rings. The molecule has 0 aliphatic rings. The number of anilines is 6. The lowest BCUT2D eigenvalue weighted by Gasteiger charge is -2.25. The fourth-order valence-electron chi connectivity index (χ4n) is 5.01. The summed E-state index contributed by atoms with van der Waals surface area (Å²) < 4.78 is 0. The number of para-hydroxylation sites is 4. The Morgan fingerprint density at radius 3 is 0.762 bits per heavy atom. The fraction of sp³-hybridized carbons (Fsp3) is 0. The first-order valence-electron chi connectivity index (χ1n) is 14.2. The van der Waals surface area contributed by atoms with Gasteiger partial charge in [0, 0.05) is 34.1 Å². The zero-order valence-electron chi connectivity index (χ0n) is 23.4. The van der Waals surface area contributed by atoms with E-state index >= 15 is 0 Å². The highest BCUT2D eigenvalue weighted by atomic mass is 15.1. The average molecular weight is 541 g/mol. The van der Waals surface area contributed by atoms with Crippen LogP contribution in [0.15, 0.2) is 182 Å². The van der Waals surface area contributed by atoms with Crippen molar-refractivity contribution >= 4 is 46.3 Å². The quantitative estimate of drug-likeness (QED) is 0.168. The molecule has 0 spiro atoms. The SMILES string of the molecule is C(/C=C/c1ccc(N(c2ccccc2)c2ccccc2)cc1)=C\c1ccc(N(c2ccccc2)c2ccccc2)cc1. The average Bonchev–Trinajstić information content (AvgIpc) is 3.07. The zero-order valence-corrected chi connectivity index (χ0v) is 23.4. The van der Waals surface area contributed by atoms with Gasteiger partial charge in [-0.2, -0.15) is 0 Å². The van der Waals surface area contributed by atoms with Gasteiger partial charge >= 0.3 is 0 Å². The predicted octanol–water partition coefficient (Wildman–Crippen LogP) is 11.4. The Bertz CT molecular complexity index is 1510. The molecule has 0 saturated heterocycles. The van der Waals surface area contributed by atoms with Crippen molar-refractivity contribution in [3.63, 3.8) is 0 Å². The third kappa shape index (κ3) is 6.41. The number of allylic oxidation sites excluding steroid dienone is 2. The Balaban J connectivity index is 1.15. The molecule has 0 unspecified atom stereocenters. The number of benzene rings is 6. The van der Waals surface area contributed by atoms with Gasteiger partial charge in [0.05, 0.1) is 0 Å². The lowest BCUT2D eigenvalue weighted by Crippen LogP contribution is -2.09. The molecule has 0 aliphatic heterocycles. The monoisotopic (exact) mass is 540 g/mol. The highest BCUT2D eigenvalue weighted by Gasteiger charge is 2.12. The molecule has 0 heterocycles. The Morgan fingerprint density at radius 1 is 0.262 bits per heavy atom. The van der Waals surface area contributed by atoms with Crippen LogP contribution in [0.1, 0.15) is 11.1 Å². The van der Waals surface area contributed by atoms with Crippen molar-refractivity contribution < 1.29 is 0 Å². The van der Waals surface area contributed by atoms with E-state index in [2.05, 4.69) is 180 Å². The number of nitrogens with zero attached hydrogens (tertiary/aromatic N) is 2. The lowest BCUT2D eigenvalue weighted by molar-refractivity contribution is 1.28. The molecule has 2 heteroatoms. The van der Waals surface area contributed by atoms with Crippen LogP contribution in [0.5, 0.6) is 0 Å². The summed E-state index contributed by atoms with van der Waals surface area (Å²) in [6.45, 7) is 0. The van der Waals surface area contributed by atoms with Crippen molar-refractivity contribution in [1.29, 1.82) is 0 Å². The molecule has 0 bridgehead atoms. The van der Waals surface area contributed by atoms with Gasteiger partial charge in [0.1, 0.15) is 0 Å². The van der Waals surface area contributed by atoms with Crippen molar-refractivity contribution in [3.8, 4) is 0 Å². The topological polar surface area (TPSA) is 6.48 Å². The van der Waals surface area contributed by atoms with E-state index in [0.717, 1.165) is 45.3 Å². The van der Waals surface area contributed by atoms with E-state index in [9.17, 15) is 0 Å². The second-order valence-electron chi connectivity index (χ2n) is 9.91. The summed E-state index contributed by atoms with van der Waals surface area (Å²) in [5.41, 5.74) is 9.10. The minimum absolute atomic E-state index is 1.13. The van der Waals surface area contributed by atoms with E-state index in [-0.39, 0.29) is 0 Å². The maximum atomic E-state index is 2.27. The molecule has 0 aromatic heterocycles. The van der Waals surface area contributed by atoms with Gasteiger partial charge in [0.25, 0.3) is 0 Å². The van der Waals surface area contributed by atoms with Crippen LogP contribution in [0.3, 0.4) is 0 Å². The maximum absolute atomic E-state index is 2.27. The van der Waals surface area contributed by atoms with Crippen molar-refractivity contribution in [2.24, 2.45) is 0 Å². The normalized spacial score (nSPS) is 11.1. The summed E-state index contributed by atoms with van der Waals surface area (Å²) in [5.74, 6) is 0. The van der Waals surface area contributed by atoms with Gasteiger partial charge in [0.15, 0.2) is 0 Å². The Kier molecular flexibility index (Phi) is 8.34. The van der Waals surface area contributed by atoms with E-state index in [1.165, 1.54) is 0 Å². The first-order valence-corrected chi connectivity index (χ1v) is 14.2. The van der Waals surface area contributed by atoms with Crippen LogP contribution < -0.4 is 9.80 Å². The van der Waals surface area contributed by atoms with E-state index in [0.29, 0.717) is 0 Å². The van der Waals surface area contributed by atoms with E-state index in [4.69, 9.17) is 0 Å². The van der Waals surface area contributed by atoms with Crippen molar-refractivity contribution in [3.05, 3.63) is 193 Å². The van der Waals surface area contributed by atoms with E-state index in [1.807, 2.05) is 24.3 Å². The standard InChI is InChI=1S/C40H32N2/c1-5-17-35(18-6-1)41(36-19-7-2-8-20-36)39-29-25-33(26-30-39)15-13-14-16-34-27-31-40(32-28-34)42(37-21-9-3-10-22-37)38-23-11-4-12-24-38/h1-32H/b15-13+,16-14+. The summed E-state index contributed by atoms with van der Waals surface area (Å²) in [4.78, 5) is 4.54. The molecule has 2 nitrogen and oxygen atoms in total. The van der Waals surface area contributed by atoms with E-state index < -0.39 is 0 Å². The smallest absolute Gasteiger partial charge is 0.0462 e. The molecular weight excluding hydrogens is 508 g/mol. The Morgan fingerprint density at radius 2 is 0.500 bits per heavy atom. The van der Waals surface area contributed by atoms with Crippen LogP contribution >= 0.6 is 0 Å². The van der Waals surface area contributed by atoms with Gasteiger partial charge in [-0.25, -0.2) is 0 Å². The molecule has 0 N–H and O–H groups in total. The van der Waals surface area contributed by atoms with Gasteiger partial charge in [-0.05, 0) is 83.9 Å². The van der Waals surface area contributed by atoms with Crippen molar-refractivity contribution in [2.75, 3.05) is 9.80 Å². The minimum atomic E-state index is 1.13.